The Bertz CT molecular complexity index is 859. The number of hydrogen-bond acceptors (Lipinski definition) is 3. The van der Waals surface area contributed by atoms with Crippen molar-refractivity contribution in [1.29, 1.82) is 0 Å². The molecule has 0 amide bonds. The van der Waals surface area contributed by atoms with Gasteiger partial charge in [-0.1, -0.05) is 49.4 Å². The fraction of sp³-hybridized carbons (Fsp3) is 0.429. The molecule has 1 aliphatic carbocycles. The molecule has 0 saturated carbocycles. The van der Waals surface area contributed by atoms with Gasteiger partial charge in [0.2, 0.25) is 10.0 Å². The SMILES string of the molecule is CC1CCN([C@@H]2c3ccccc3C[C@@H]2NS(=O)(=O)c2ccccc2)CC1. The van der Waals surface area contributed by atoms with Gasteiger partial charge in [0.15, 0.2) is 0 Å². The highest BCUT2D eigenvalue weighted by Gasteiger charge is 2.39. The van der Waals surface area contributed by atoms with Crippen molar-refractivity contribution < 1.29 is 8.42 Å². The number of piperidine rings is 1. The molecule has 2 aliphatic rings. The maximum atomic E-state index is 12.9. The lowest BCUT2D eigenvalue weighted by Crippen LogP contribution is -2.46. The Morgan fingerprint density at radius 2 is 1.62 bits per heavy atom. The second-order valence-electron chi connectivity index (χ2n) is 7.61. The normalized spacial score (nSPS) is 24.5. The third-order valence-corrected chi connectivity index (χ3v) is 7.27. The molecule has 0 aromatic heterocycles. The van der Waals surface area contributed by atoms with Crippen molar-refractivity contribution in [1.82, 2.24) is 9.62 Å². The molecule has 1 saturated heterocycles. The third-order valence-electron chi connectivity index (χ3n) is 5.77. The molecule has 1 aliphatic heterocycles. The quantitative estimate of drug-likeness (QED) is 0.898. The van der Waals surface area contributed by atoms with E-state index in [-0.39, 0.29) is 12.1 Å². The zero-order chi connectivity index (χ0) is 18.1. The minimum atomic E-state index is -3.52. The Morgan fingerprint density at radius 1 is 0.962 bits per heavy atom. The van der Waals surface area contributed by atoms with Crippen LogP contribution in [0.4, 0.5) is 0 Å². The lowest BCUT2D eigenvalue weighted by Gasteiger charge is -2.38. The fourth-order valence-electron chi connectivity index (χ4n) is 4.30. The minimum Gasteiger partial charge on any atom is -0.295 e. The van der Waals surface area contributed by atoms with Gasteiger partial charge in [-0.25, -0.2) is 13.1 Å². The van der Waals surface area contributed by atoms with Crippen LogP contribution in [0.5, 0.6) is 0 Å². The van der Waals surface area contributed by atoms with Gasteiger partial charge in [-0.05, 0) is 61.5 Å². The largest absolute Gasteiger partial charge is 0.295 e. The molecular weight excluding hydrogens is 344 g/mol. The Hall–Kier alpha value is -1.69. The van der Waals surface area contributed by atoms with Gasteiger partial charge >= 0.3 is 0 Å². The van der Waals surface area contributed by atoms with Crippen LogP contribution in [0, 0.1) is 5.92 Å². The van der Waals surface area contributed by atoms with Crippen molar-refractivity contribution in [3.05, 3.63) is 65.7 Å². The Balaban J connectivity index is 1.62. The van der Waals surface area contributed by atoms with Gasteiger partial charge in [0.1, 0.15) is 0 Å². The average Bonchev–Trinajstić information content (AvgIpc) is 3.00. The molecule has 2 aromatic rings. The first kappa shape index (κ1) is 17.7. The molecule has 1 N–H and O–H groups in total. The molecule has 138 valence electrons. The van der Waals surface area contributed by atoms with Gasteiger partial charge in [0, 0.05) is 6.04 Å². The summed E-state index contributed by atoms with van der Waals surface area (Å²) >= 11 is 0. The predicted octanol–water partition coefficient (Wildman–Crippen LogP) is 3.36. The van der Waals surface area contributed by atoms with Crippen molar-refractivity contribution >= 4 is 10.0 Å². The number of nitrogens with one attached hydrogen (secondary N) is 1. The topological polar surface area (TPSA) is 49.4 Å². The van der Waals surface area contributed by atoms with Gasteiger partial charge in [-0.2, -0.15) is 0 Å². The van der Waals surface area contributed by atoms with Crippen LogP contribution in [-0.2, 0) is 16.4 Å². The van der Waals surface area contributed by atoms with E-state index in [9.17, 15) is 8.42 Å². The van der Waals surface area contributed by atoms with Crippen LogP contribution in [0.3, 0.4) is 0 Å². The second-order valence-corrected chi connectivity index (χ2v) is 9.32. The summed E-state index contributed by atoms with van der Waals surface area (Å²) in [6, 6.07) is 17.1. The lowest BCUT2D eigenvalue weighted by atomic mass is 9.95. The molecule has 2 atom stereocenters. The summed E-state index contributed by atoms with van der Waals surface area (Å²) in [7, 11) is -3.52. The number of nitrogens with zero attached hydrogens (tertiary/aromatic N) is 1. The second kappa shape index (κ2) is 7.14. The van der Waals surface area contributed by atoms with E-state index in [2.05, 4.69) is 34.7 Å². The molecule has 0 bridgehead atoms. The highest BCUT2D eigenvalue weighted by molar-refractivity contribution is 7.89. The zero-order valence-electron chi connectivity index (χ0n) is 15.1. The number of benzene rings is 2. The fourth-order valence-corrected chi connectivity index (χ4v) is 5.57. The van der Waals surface area contributed by atoms with E-state index in [0.717, 1.165) is 25.4 Å². The van der Waals surface area contributed by atoms with E-state index < -0.39 is 10.0 Å². The van der Waals surface area contributed by atoms with E-state index in [1.165, 1.54) is 24.0 Å². The smallest absolute Gasteiger partial charge is 0.240 e. The third kappa shape index (κ3) is 3.43. The molecule has 0 unspecified atom stereocenters. The van der Waals surface area contributed by atoms with Crippen molar-refractivity contribution in [2.45, 2.75) is 43.2 Å². The number of rotatable bonds is 4. The highest BCUT2D eigenvalue weighted by Crippen LogP contribution is 2.38. The van der Waals surface area contributed by atoms with Crippen molar-refractivity contribution in [2.24, 2.45) is 5.92 Å². The molecule has 1 heterocycles. The Morgan fingerprint density at radius 3 is 2.35 bits per heavy atom. The van der Waals surface area contributed by atoms with Gasteiger partial charge in [0.05, 0.1) is 10.9 Å². The van der Waals surface area contributed by atoms with E-state index in [0.29, 0.717) is 4.90 Å². The summed E-state index contributed by atoms with van der Waals surface area (Å²) in [5.41, 5.74) is 2.54. The maximum absolute atomic E-state index is 12.9. The van der Waals surface area contributed by atoms with Crippen LogP contribution in [0.15, 0.2) is 59.5 Å². The average molecular weight is 371 g/mol. The van der Waals surface area contributed by atoms with Crippen molar-refractivity contribution in [3.63, 3.8) is 0 Å². The van der Waals surface area contributed by atoms with Gasteiger partial charge in [0.25, 0.3) is 0 Å². The summed E-state index contributed by atoms with van der Waals surface area (Å²) in [6.45, 7) is 4.36. The molecule has 1 fully saturated rings. The van der Waals surface area contributed by atoms with E-state index in [1.54, 1.807) is 24.3 Å². The molecule has 5 heteroatoms. The highest BCUT2D eigenvalue weighted by atomic mass is 32.2. The first-order valence-electron chi connectivity index (χ1n) is 9.44. The predicted molar refractivity (Wildman–Crippen MR) is 103 cm³/mol. The Kier molecular flexibility index (Phi) is 4.86. The zero-order valence-corrected chi connectivity index (χ0v) is 16.0. The Labute approximate surface area is 156 Å². The summed E-state index contributed by atoms with van der Waals surface area (Å²) in [4.78, 5) is 2.81. The summed E-state index contributed by atoms with van der Waals surface area (Å²) < 4.78 is 28.8. The van der Waals surface area contributed by atoms with Crippen LogP contribution in [0.1, 0.15) is 36.9 Å². The van der Waals surface area contributed by atoms with Crippen LogP contribution < -0.4 is 4.72 Å². The van der Waals surface area contributed by atoms with E-state index in [1.807, 2.05) is 12.1 Å². The number of likely N-dealkylation sites (tertiary alicyclic amines) is 1. The molecule has 26 heavy (non-hydrogen) atoms. The summed E-state index contributed by atoms with van der Waals surface area (Å²) in [6.07, 6.45) is 3.10. The number of fused-ring (bicyclic) bond motifs is 1. The van der Waals surface area contributed by atoms with Crippen LogP contribution in [0.25, 0.3) is 0 Å². The van der Waals surface area contributed by atoms with Crippen molar-refractivity contribution in [3.8, 4) is 0 Å². The molecule has 0 spiro atoms. The van der Waals surface area contributed by atoms with Gasteiger partial charge in [-0.15, -0.1) is 0 Å². The lowest BCUT2D eigenvalue weighted by molar-refractivity contribution is 0.123. The molecule has 2 aromatic carbocycles. The minimum absolute atomic E-state index is 0.119. The van der Waals surface area contributed by atoms with E-state index >= 15 is 0 Å². The number of sulfonamides is 1. The molecular formula is C21H26N2O2S. The van der Waals surface area contributed by atoms with Crippen LogP contribution >= 0.6 is 0 Å². The first-order valence-corrected chi connectivity index (χ1v) is 10.9. The molecule has 4 rings (SSSR count). The standard InChI is InChI=1S/C21H26N2O2S/c1-16-11-13-23(14-12-16)21-19-10-6-5-7-17(19)15-20(21)22-26(24,25)18-8-3-2-4-9-18/h2-10,16,20-22H,11-15H2,1H3/t20-,21+/m0/s1. The summed E-state index contributed by atoms with van der Waals surface area (Å²) in [5.74, 6) is 0.752. The van der Waals surface area contributed by atoms with Crippen LogP contribution in [-0.4, -0.2) is 32.4 Å². The van der Waals surface area contributed by atoms with Gasteiger partial charge < -0.3 is 0 Å². The summed E-state index contributed by atoms with van der Waals surface area (Å²) in [5, 5.41) is 0. The first-order chi connectivity index (χ1) is 12.5. The molecule has 4 nitrogen and oxygen atoms in total. The monoisotopic (exact) mass is 370 g/mol. The van der Waals surface area contributed by atoms with Crippen molar-refractivity contribution in [2.75, 3.05) is 13.1 Å². The van der Waals surface area contributed by atoms with Crippen LogP contribution in [0.2, 0.25) is 0 Å². The number of hydrogen-bond donors (Lipinski definition) is 1. The maximum Gasteiger partial charge on any atom is 0.240 e. The van der Waals surface area contributed by atoms with E-state index in [4.69, 9.17) is 0 Å². The van der Waals surface area contributed by atoms with Gasteiger partial charge in [-0.3, -0.25) is 4.90 Å². The molecule has 0 radical (unpaired) electrons.